The van der Waals surface area contributed by atoms with Crippen LogP contribution < -0.4 is 5.73 Å². The van der Waals surface area contributed by atoms with Crippen molar-refractivity contribution in [3.05, 3.63) is 0 Å². The highest BCUT2D eigenvalue weighted by Gasteiger charge is 2.47. The molecule has 1 fully saturated rings. The van der Waals surface area contributed by atoms with Crippen molar-refractivity contribution in [2.75, 3.05) is 6.54 Å². The number of carbonyl (C=O) groups excluding carboxylic acids is 1. The number of carbonyl (C=O) groups is 1. The third-order valence-electron chi connectivity index (χ3n) is 2.09. The molecule has 0 spiro atoms. The quantitative estimate of drug-likeness (QED) is 0.725. The molecule has 0 aromatic carbocycles. The number of rotatable bonds is 1. The molecule has 1 unspecified atom stereocenters. The average molecular weight is 240 g/mol. The van der Waals surface area contributed by atoms with E-state index in [-0.39, 0.29) is 12.4 Å². The van der Waals surface area contributed by atoms with Crippen LogP contribution in [-0.4, -0.2) is 35.4 Å². The second-order valence-corrected chi connectivity index (χ2v) is 3.46. The standard InChI is InChI=1S/C8H11F2N3O.ClH/c1-5(12)7(14)13-4-8(9,10)2-6(13)3-11;/h5-6H,2,4,12H2,1H3;1H/t5-,6?;/m0./s1. The van der Waals surface area contributed by atoms with Gasteiger partial charge in [-0.1, -0.05) is 0 Å². The topological polar surface area (TPSA) is 70.1 Å². The minimum absolute atomic E-state index is 0. The van der Waals surface area contributed by atoms with E-state index in [2.05, 4.69) is 0 Å². The molecular formula is C8H12ClF2N3O. The molecule has 0 saturated carbocycles. The monoisotopic (exact) mass is 239 g/mol. The second-order valence-electron chi connectivity index (χ2n) is 3.46. The van der Waals surface area contributed by atoms with Gasteiger partial charge in [0.25, 0.3) is 5.92 Å². The van der Waals surface area contributed by atoms with E-state index < -0.39 is 36.9 Å². The van der Waals surface area contributed by atoms with Gasteiger partial charge in [-0.25, -0.2) is 8.78 Å². The maximum atomic E-state index is 12.9. The third kappa shape index (κ3) is 3.01. The Hall–Kier alpha value is -0.930. The summed E-state index contributed by atoms with van der Waals surface area (Å²) in [4.78, 5) is 12.2. The van der Waals surface area contributed by atoms with Gasteiger partial charge in [0.05, 0.1) is 18.7 Å². The molecule has 0 aromatic heterocycles. The first-order valence-corrected chi connectivity index (χ1v) is 4.21. The zero-order valence-corrected chi connectivity index (χ0v) is 8.93. The van der Waals surface area contributed by atoms with Crippen molar-refractivity contribution in [3.8, 4) is 6.07 Å². The number of halogens is 3. The first kappa shape index (κ1) is 14.1. The highest BCUT2D eigenvalue weighted by Crippen LogP contribution is 2.31. The maximum absolute atomic E-state index is 12.9. The minimum atomic E-state index is -2.97. The van der Waals surface area contributed by atoms with Crippen molar-refractivity contribution in [2.45, 2.75) is 31.4 Å². The summed E-state index contributed by atoms with van der Waals surface area (Å²) in [5, 5.41) is 8.58. The summed E-state index contributed by atoms with van der Waals surface area (Å²) in [7, 11) is 0. The van der Waals surface area contributed by atoms with Gasteiger partial charge in [0, 0.05) is 6.42 Å². The second kappa shape index (κ2) is 4.73. The Balaban J connectivity index is 0.00000196. The molecule has 1 heterocycles. The molecule has 0 aromatic rings. The van der Waals surface area contributed by atoms with Crippen LogP contribution in [0.15, 0.2) is 0 Å². The fourth-order valence-corrected chi connectivity index (χ4v) is 1.43. The Morgan fingerprint density at radius 2 is 2.27 bits per heavy atom. The molecule has 2 atom stereocenters. The zero-order chi connectivity index (χ0) is 10.9. The van der Waals surface area contributed by atoms with Crippen LogP contribution in [0.2, 0.25) is 0 Å². The van der Waals surface area contributed by atoms with Gasteiger partial charge in [-0.15, -0.1) is 12.4 Å². The molecule has 1 aliphatic rings. The van der Waals surface area contributed by atoms with E-state index >= 15 is 0 Å². The van der Waals surface area contributed by atoms with Crippen LogP contribution in [0.4, 0.5) is 8.78 Å². The SMILES string of the molecule is C[C@H](N)C(=O)N1CC(F)(F)CC1C#N.Cl. The first-order chi connectivity index (χ1) is 6.37. The van der Waals surface area contributed by atoms with Crippen LogP contribution in [-0.2, 0) is 4.79 Å². The van der Waals surface area contributed by atoms with Crippen LogP contribution in [0.3, 0.4) is 0 Å². The van der Waals surface area contributed by atoms with Crippen LogP contribution in [0.5, 0.6) is 0 Å². The highest BCUT2D eigenvalue weighted by molar-refractivity contribution is 5.85. The number of hydrogen-bond donors (Lipinski definition) is 1. The van der Waals surface area contributed by atoms with Crippen molar-refractivity contribution in [1.82, 2.24) is 4.90 Å². The first-order valence-electron chi connectivity index (χ1n) is 4.21. The van der Waals surface area contributed by atoms with E-state index in [0.717, 1.165) is 4.90 Å². The molecule has 1 saturated heterocycles. The Morgan fingerprint density at radius 3 is 2.67 bits per heavy atom. The number of amides is 1. The maximum Gasteiger partial charge on any atom is 0.268 e. The summed E-state index contributed by atoms with van der Waals surface area (Å²) >= 11 is 0. The Morgan fingerprint density at radius 1 is 1.73 bits per heavy atom. The van der Waals surface area contributed by atoms with Gasteiger partial charge >= 0.3 is 0 Å². The van der Waals surface area contributed by atoms with Crippen molar-refractivity contribution in [1.29, 1.82) is 5.26 Å². The fourth-order valence-electron chi connectivity index (χ4n) is 1.43. The summed E-state index contributed by atoms with van der Waals surface area (Å²) < 4.78 is 25.7. The number of likely N-dealkylation sites (tertiary alicyclic amines) is 1. The lowest BCUT2D eigenvalue weighted by molar-refractivity contribution is -0.133. The molecule has 1 amide bonds. The number of nitrogens with zero attached hydrogens (tertiary/aromatic N) is 2. The summed E-state index contributed by atoms with van der Waals surface area (Å²) in [5.41, 5.74) is 5.28. The van der Waals surface area contributed by atoms with Crippen LogP contribution in [0.25, 0.3) is 0 Å². The van der Waals surface area contributed by atoms with Crippen LogP contribution >= 0.6 is 12.4 Å². The van der Waals surface area contributed by atoms with Gasteiger partial charge in [-0.3, -0.25) is 4.79 Å². The molecule has 2 N–H and O–H groups in total. The molecule has 1 rings (SSSR count). The van der Waals surface area contributed by atoms with Gasteiger partial charge in [-0.2, -0.15) is 5.26 Å². The normalized spacial score (nSPS) is 25.3. The fraction of sp³-hybridized carbons (Fsp3) is 0.750. The predicted molar refractivity (Wildman–Crippen MR) is 51.6 cm³/mol. The van der Waals surface area contributed by atoms with Crippen molar-refractivity contribution >= 4 is 18.3 Å². The van der Waals surface area contributed by atoms with E-state index in [1.165, 1.54) is 6.92 Å². The van der Waals surface area contributed by atoms with Gasteiger partial charge < -0.3 is 10.6 Å². The molecule has 0 radical (unpaired) electrons. The van der Waals surface area contributed by atoms with E-state index in [4.69, 9.17) is 11.0 Å². The number of nitriles is 1. The summed E-state index contributed by atoms with van der Waals surface area (Å²) in [6.45, 7) is 0.707. The van der Waals surface area contributed by atoms with E-state index in [9.17, 15) is 13.6 Å². The highest BCUT2D eigenvalue weighted by atomic mass is 35.5. The van der Waals surface area contributed by atoms with Crippen molar-refractivity contribution in [3.63, 3.8) is 0 Å². The summed E-state index contributed by atoms with van der Waals surface area (Å²) in [6, 6.07) is -0.225. The zero-order valence-electron chi connectivity index (χ0n) is 8.11. The molecule has 0 bridgehead atoms. The van der Waals surface area contributed by atoms with Crippen LogP contribution in [0, 0.1) is 11.3 Å². The van der Waals surface area contributed by atoms with Gasteiger partial charge in [-0.05, 0) is 6.92 Å². The predicted octanol–water partition coefficient (Wildman–Crippen LogP) is 0.515. The molecule has 7 heteroatoms. The van der Waals surface area contributed by atoms with Crippen molar-refractivity contribution < 1.29 is 13.6 Å². The number of nitrogens with two attached hydrogens (primary N) is 1. The Bertz CT molecular complexity index is 290. The van der Waals surface area contributed by atoms with Crippen molar-refractivity contribution in [2.24, 2.45) is 5.73 Å². The Labute approximate surface area is 92.4 Å². The number of hydrogen-bond acceptors (Lipinski definition) is 3. The van der Waals surface area contributed by atoms with E-state index in [1.807, 2.05) is 0 Å². The smallest absolute Gasteiger partial charge is 0.268 e. The molecular weight excluding hydrogens is 228 g/mol. The third-order valence-corrected chi connectivity index (χ3v) is 2.09. The molecule has 1 aliphatic heterocycles. The largest absolute Gasteiger partial charge is 0.320 e. The lowest BCUT2D eigenvalue weighted by atomic mass is 10.2. The lowest BCUT2D eigenvalue weighted by Gasteiger charge is -2.20. The average Bonchev–Trinajstić information content (AvgIpc) is 2.39. The van der Waals surface area contributed by atoms with E-state index in [1.54, 1.807) is 6.07 Å². The Kier molecular flexibility index (Phi) is 4.43. The van der Waals surface area contributed by atoms with Gasteiger partial charge in [0.1, 0.15) is 6.04 Å². The van der Waals surface area contributed by atoms with Gasteiger partial charge in [0.15, 0.2) is 0 Å². The lowest BCUT2D eigenvalue weighted by Crippen LogP contribution is -2.44. The van der Waals surface area contributed by atoms with Gasteiger partial charge in [0.2, 0.25) is 5.91 Å². The van der Waals surface area contributed by atoms with E-state index in [0.29, 0.717) is 0 Å². The van der Waals surface area contributed by atoms with Crippen LogP contribution in [0.1, 0.15) is 13.3 Å². The molecule has 4 nitrogen and oxygen atoms in total. The number of alkyl halides is 2. The molecule has 15 heavy (non-hydrogen) atoms. The molecule has 0 aliphatic carbocycles. The summed E-state index contributed by atoms with van der Waals surface area (Å²) in [5.74, 6) is -3.57. The minimum Gasteiger partial charge on any atom is -0.320 e. The molecule has 86 valence electrons. The summed E-state index contributed by atoms with van der Waals surface area (Å²) in [6.07, 6.45) is -0.595.